The lowest BCUT2D eigenvalue weighted by Gasteiger charge is -2.44. The number of esters is 1. The van der Waals surface area contributed by atoms with Gasteiger partial charge in [0.25, 0.3) is 0 Å². The van der Waals surface area contributed by atoms with E-state index in [0.717, 1.165) is 37.0 Å². The molecule has 0 heterocycles. The van der Waals surface area contributed by atoms with Gasteiger partial charge in [0.15, 0.2) is 0 Å². The van der Waals surface area contributed by atoms with Crippen molar-refractivity contribution in [3.05, 3.63) is 35.5 Å². The van der Waals surface area contributed by atoms with Crippen molar-refractivity contribution >= 4 is 5.97 Å². The molecule has 3 rings (SSSR count). The summed E-state index contributed by atoms with van der Waals surface area (Å²) in [6.45, 7) is 15.7. The van der Waals surface area contributed by atoms with Crippen molar-refractivity contribution in [2.24, 2.45) is 29.1 Å². The number of hydrogen-bond acceptors (Lipinski definition) is 3. The van der Waals surface area contributed by atoms with E-state index in [1.165, 1.54) is 62.5 Å². The van der Waals surface area contributed by atoms with E-state index in [9.17, 15) is 9.90 Å². The van der Waals surface area contributed by atoms with Crippen LogP contribution in [-0.4, -0.2) is 23.3 Å². The molecule has 3 saturated carbocycles. The van der Waals surface area contributed by atoms with Crippen LogP contribution in [0.2, 0.25) is 0 Å². The van der Waals surface area contributed by atoms with Crippen LogP contribution in [-0.2, 0) is 9.53 Å². The van der Waals surface area contributed by atoms with Crippen LogP contribution in [0.25, 0.3) is 0 Å². The number of aliphatic hydroxyl groups is 1. The third kappa shape index (κ3) is 6.86. The Morgan fingerprint density at radius 1 is 1.15 bits per heavy atom. The van der Waals surface area contributed by atoms with Gasteiger partial charge in [0.2, 0.25) is 0 Å². The summed E-state index contributed by atoms with van der Waals surface area (Å²) in [6, 6.07) is 0. The number of hydrogen-bond donors (Lipinski definition) is 1. The SMILES string of the molecule is C=C1CC[C@H](OC(=O)CC(C)O)C/C1=C/C=C1\CCC[C@@]2(C)C1CC[C@@H]2[C@H](C)CCCC(C)C. The molecule has 3 aliphatic carbocycles. The van der Waals surface area contributed by atoms with Crippen LogP contribution in [0, 0.1) is 29.1 Å². The largest absolute Gasteiger partial charge is 0.462 e. The molecule has 34 heavy (non-hydrogen) atoms. The van der Waals surface area contributed by atoms with E-state index in [4.69, 9.17) is 4.74 Å². The molecule has 1 N–H and O–H groups in total. The number of rotatable bonds is 9. The monoisotopic (exact) mass is 470 g/mol. The predicted octanol–water partition coefficient (Wildman–Crippen LogP) is 7.94. The second kappa shape index (κ2) is 12.1. The molecule has 2 unspecified atom stereocenters. The van der Waals surface area contributed by atoms with Crippen molar-refractivity contribution < 1.29 is 14.6 Å². The third-order valence-electron chi connectivity index (χ3n) is 9.09. The minimum Gasteiger partial charge on any atom is -0.462 e. The molecule has 0 aliphatic heterocycles. The van der Waals surface area contributed by atoms with Crippen molar-refractivity contribution in [2.45, 2.75) is 124 Å². The van der Waals surface area contributed by atoms with E-state index in [-0.39, 0.29) is 18.5 Å². The zero-order valence-electron chi connectivity index (χ0n) is 22.6. The van der Waals surface area contributed by atoms with Gasteiger partial charge in [-0.15, -0.1) is 0 Å². The number of carbonyl (C=O) groups excluding carboxylic acids is 1. The molecule has 0 saturated heterocycles. The summed E-state index contributed by atoms with van der Waals surface area (Å²) in [5, 5.41) is 9.45. The van der Waals surface area contributed by atoms with Gasteiger partial charge in [-0.25, -0.2) is 0 Å². The molecule has 0 bridgehead atoms. The normalized spacial score (nSPS) is 33.9. The number of aliphatic hydroxyl groups excluding tert-OH is 1. The predicted molar refractivity (Wildman–Crippen MR) is 141 cm³/mol. The molecule has 6 atom stereocenters. The summed E-state index contributed by atoms with van der Waals surface area (Å²) in [4.78, 5) is 12.0. The topological polar surface area (TPSA) is 46.5 Å². The van der Waals surface area contributed by atoms with Gasteiger partial charge in [-0.3, -0.25) is 4.79 Å². The van der Waals surface area contributed by atoms with E-state index in [1.807, 2.05) is 0 Å². The van der Waals surface area contributed by atoms with Gasteiger partial charge in [0, 0.05) is 6.42 Å². The Kier molecular flexibility index (Phi) is 9.66. The molecular formula is C31H50O3. The summed E-state index contributed by atoms with van der Waals surface area (Å²) < 4.78 is 5.64. The van der Waals surface area contributed by atoms with Crippen LogP contribution in [0.1, 0.15) is 112 Å². The highest BCUT2D eigenvalue weighted by Crippen LogP contribution is 2.60. The molecule has 3 heteroatoms. The third-order valence-corrected chi connectivity index (χ3v) is 9.09. The second-order valence-corrected chi connectivity index (χ2v) is 12.3. The fraction of sp³-hybridized carbons (Fsp3) is 0.774. The van der Waals surface area contributed by atoms with E-state index < -0.39 is 6.10 Å². The van der Waals surface area contributed by atoms with Crippen molar-refractivity contribution in [1.82, 2.24) is 0 Å². The lowest BCUT2D eigenvalue weighted by molar-refractivity contribution is -0.151. The maximum atomic E-state index is 12.0. The molecule has 192 valence electrons. The van der Waals surface area contributed by atoms with Crippen molar-refractivity contribution in [3.63, 3.8) is 0 Å². The van der Waals surface area contributed by atoms with Crippen LogP contribution in [0.5, 0.6) is 0 Å². The Hall–Kier alpha value is -1.35. The summed E-state index contributed by atoms with van der Waals surface area (Å²) in [5.41, 5.74) is 4.50. The quantitative estimate of drug-likeness (QED) is 0.348. The summed E-state index contributed by atoms with van der Waals surface area (Å²) in [7, 11) is 0. The zero-order chi connectivity index (χ0) is 24.9. The average Bonchev–Trinajstić information content (AvgIpc) is 3.10. The molecule has 0 radical (unpaired) electrons. The minimum absolute atomic E-state index is 0.0673. The first-order valence-electron chi connectivity index (χ1n) is 14.1. The molecule has 0 aromatic carbocycles. The maximum Gasteiger partial charge on any atom is 0.308 e. The smallest absolute Gasteiger partial charge is 0.308 e. The molecular weight excluding hydrogens is 420 g/mol. The Morgan fingerprint density at radius 2 is 1.91 bits per heavy atom. The molecule has 0 amide bonds. The first-order chi connectivity index (χ1) is 16.1. The average molecular weight is 471 g/mol. The van der Waals surface area contributed by atoms with Crippen molar-refractivity contribution in [1.29, 1.82) is 0 Å². The van der Waals surface area contributed by atoms with Crippen LogP contribution >= 0.6 is 0 Å². The fourth-order valence-electron chi connectivity index (χ4n) is 7.22. The molecule has 0 spiro atoms. The Balaban J connectivity index is 1.66. The standard InChI is InChI=1S/C31H50O3/c1-21(2)9-7-10-23(4)28-16-17-29-25(11-8-18-31(28,29)6)13-14-26-20-27(15-12-22(26)3)34-30(33)19-24(5)32/h13-14,21,23-24,27-29,32H,3,7-12,15-20H2,1-2,4-6H3/b25-13+,26-14-/t23-,24?,27+,28-,29?,31-/m1/s1. The van der Waals surface area contributed by atoms with Crippen LogP contribution in [0.3, 0.4) is 0 Å². The summed E-state index contributed by atoms with van der Waals surface area (Å²) in [5.74, 6) is 2.90. The number of fused-ring (bicyclic) bond motifs is 1. The van der Waals surface area contributed by atoms with Gasteiger partial charge in [0.05, 0.1) is 12.5 Å². The van der Waals surface area contributed by atoms with Crippen LogP contribution < -0.4 is 0 Å². The molecule has 0 aromatic rings. The van der Waals surface area contributed by atoms with Crippen molar-refractivity contribution in [2.75, 3.05) is 0 Å². The number of allylic oxidation sites excluding steroid dienone is 4. The zero-order valence-corrected chi connectivity index (χ0v) is 22.6. The van der Waals surface area contributed by atoms with Gasteiger partial charge in [-0.2, -0.15) is 0 Å². The lowest BCUT2D eigenvalue weighted by atomic mass is 9.60. The van der Waals surface area contributed by atoms with E-state index in [0.29, 0.717) is 11.3 Å². The number of ether oxygens (including phenoxy) is 1. The minimum atomic E-state index is -0.653. The molecule has 3 nitrogen and oxygen atoms in total. The van der Waals surface area contributed by atoms with E-state index in [1.54, 1.807) is 12.5 Å². The molecule has 0 aromatic heterocycles. The van der Waals surface area contributed by atoms with E-state index in [2.05, 4.69) is 46.4 Å². The molecule has 3 aliphatic rings. The van der Waals surface area contributed by atoms with Gasteiger partial charge >= 0.3 is 5.97 Å². The second-order valence-electron chi connectivity index (χ2n) is 12.3. The highest BCUT2D eigenvalue weighted by atomic mass is 16.5. The first-order valence-corrected chi connectivity index (χ1v) is 14.1. The Labute approximate surface area is 209 Å². The number of carbonyl (C=O) groups is 1. The maximum absolute atomic E-state index is 12.0. The van der Waals surface area contributed by atoms with Gasteiger partial charge < -0.3 is 9.84 Å². The van der Waals surface area contributed by atoms with Gasteiger partial charge in [-0.05, 0) is 86.5 Å². The van der Waals surface area contributed by atoms with Crippen molar-refractivity contribution in [3.8, 4) is 0 Å². The molecule has 3 fully saturated rings. The Bertz CT molecular complexity index is 774. The lowest BCUT2D eigenvalue weighted by Crippen LogP contribution is -2.36. The van der Waals surface area contributed by atoms with Gasteiger partial charge in [0.1, 0.15) is 6.10 Å². The van der Waals surface area contributed by atoms with E-state index >= 15 is 0 Å². The first kappa shape index (κ1) is 27.2. The Morgan fingerprint density at radius 3 is 2.62 bits per heavy atom. The van der Waals surface area contributed by atoms with Gasteiger partial charge in [-0.1, -0.05) is 76.8 Å². The summed E-state index contributed by atoms with van der Waals surface area (Å²) >= 11 is 0. The fourth-order valence-corrected chi connectivity index (χ4v) is 7.22. The van der Waals surface area contributed by atoms with Crippen LogP contribution in [0.4, 0.5) is 0 Å². The highest BCUT2D eigenvalue weighted by Gasteiger charge is 2.50. The van der Waals surface area contributed by atoms with Crippen LogP contribution in [0.15, 0.2) is 35.5 Å². The highest BCUT2D eigenvalue weighted by molar-refractivity contribution is 5.70. The summed E-state index contributed by atoms with van der Waals surface area (Å²) in [6.07, 6.45) is 17.2.